The zero-order valence-corrected chi connectivity index (χ0v) is 20.0. The average molecular weight is 512 g/mol. The van der Waals surface area contributed by atoms with Crippen molar-refractivity contribution in [1.29, 1.82) is 0 Å². The van der Waals surface area contributed by atoms with Crippen LogP contribution in [0.3, 0.4) is 0 Å². The largest absolute Gasteiger partial charge is 0.494 e. The van der Waals surface area contributed by atoms with Crippen LogP contribution in [0, 0.1) is 6.92 Å². The standard InChI is InChI=1S/C21H32N6O.HI/c1-4-28-19-13-9-8-10-17(19)14-22-21(24-18-11-6-5-7-12-18)23-15-20-26-25-16(2)27(20)3;/h8-10,13,18H,4-7,11-12,14-15H2,1-3H3,(H2,22,23,24);1H. The third kappa shape index (κ3) is 6.87. The number of aryl methyl sites for hydroxylation is 1. The summed E-state index contributed by atoms with van der Waals surface area (Å²) in [6.45, 7) is 5.76. The molecule has 1 saturated carbocycles. The first-order valence-electron chi connectivity index (χ1n) is 10.3. The molecule has 1 aromatic heterocycles. The molecule has 1 aliphatic rings. The van der Waals surface area contributed by atoms with Gasteiger partial charge in [-0.1, -0.05) is 37.5 Å². The molecule has 0 radical (unpaired) electrons. The quantitative estimate of drug-likeness (QED) is 0.336. The molecule has 8 heteroatoms. The van der Waals surface area contributed by atoms with Gasteiger partial charge in [0, 0.05) is 18.7 Å². The van der Waals surface area contributed by atoms with Gasteiger partial charge in [0.15, 0.2) is 11.8 Å². The van der Waals surface area contributed by atoms with E-state index in [-0.39, 0.29) is 24.0 Å². The lowest BCUT2D eigenvalue weighted by molar-refractivity contribution is 0.336. The van der Waals surface area contributed by atoms with E-state index < -0.39 is 0 Å². The van der Waals surface area contributed by atoms with Crippen LogP contribution in [0.4, 0.5) is 0 Å². The number of para-hydroxylation sites is 1. The van der Waals surface area contributed by atoms with E-state index >= 15 is 0 Å². The smallest absolute Gasteiger partial charge is 0.192 e. The number of aromatic nitrogens is 3. The highest BCUT2D eigenvalue weighted by Gasteiger charge is 2.15. The zero-order valence-electron chi connectivity index (χ0n) is 17.6. The van der Waals surface area contributed by atoms with Crippen molar-refractivity contribution in [3.05, 3.63) is 41.5 Å². The Kier molecular flexibility index (Phi) is 9.69. The van der Waals surface area contributed by atoms with Crippen LogP contribution < -0.4 is 15.4 Å². The predicted octanol–water partition coefficient (Wildman–Crippen LogP) is 3.71. The Balaban J connectivity index is 0.00000300. The summed E-state index contributed by atoms with van der Waals surface area (Å²) in [5, 5.41) is 15.4. The summed E-state index contributed by atoms with van der Waals surface area (Å²) in [6.07, 6.45) is 6.28. The van der Waals surface area contributed by atoms with Crippen LogP contribution >= 0.6 is 24.0 Å². The Morgan fingerprint density at radius 2 is 1.97 bits per heavy atom. The second kappa shape index (κ2) is 12.0. The fraction of sp³-hybridized carbons (Fsp3) is 0.571. The van der Waals surface area contributed by atoms with Gasteiger partial charge in [0.2, 0.25) is 0 Å². The van der Waals surface area contributed by atoms with E-state index in [1.165, 1.54) is 32.1 Å². The lowest BCUT2D eigenvalue weighted by Gasteiger charge is -2.25. The highest BCUT2D eigenvalue weighted by molar-refractivity contribution is 14.0. The topological polar surface area (TPSA) is 76.4 Å². The van der Waals surface area contributed by atoms with Crippen molar-refractivity contribution < 1.29 is 4.74 Å². The fourth-order valence-electron chi connectivity index (χ4n) is 3.46. The van der Waals surface area contributed by atoms with Gasteiger partial charge in [0.1, 0.15) is 11.6 Å². The SMILES string of the molecule is CCOc1ccccc1CN=C(NCc1nnc(C)n1C)NC1CCCCC1.I. The minimum absolute atomic E-state index is 0. The molecule has 7 nitrogen and oxygen atoms in total. The third-order valence-corrected chi connectivity index (χ3v) is 5.22. The summed E-state index contributed by atoms with van der Waals surface area (Å²) < 4.78 is 7.73. The van der Waals surface area contributed by atoms with Crippen molar-refractivity contribution in [2.45, 2.75) is 65.1 Å². The van der Waals surface area contributed by atoms with Gasteiger partial charge in [-0.2, -0.15) is 0 Å². The molecular weight excluding hydrogens is 479 g/mol. The van der Waals surface area contributed by atoms with Crippen LogP contribution in [0.5, 0.6) is 5.75 Å². The van der Waals surface area contributed by atoms with E-state index in [1.807, 2.05) is 43.7 Å². The molecule has 160 valence electrons. The first-order chi connectivity index (χ1) is 13.7. The highest BCUT2D eigenvalue weighted by atomic mass is 127. The Hall–Kier alpha value is -1.84. The molecule has 0 spiro atoms. The lowest BCUT2D eigenvalue weighted by atomic mass is 9.96. The van der Waals surface area contributed by atoms with Crippen LogP contribution in [0.15, 0.2) is 29.3 Å². The van der Waals surface area contributed by atoms with E-state index in [2.05, 4.69) is 26.9 Å². The lowest BCUT2D eigenvalue weighted by Crippen LogP contribution is -2.44. The van der Waals surface area contributed by atoms with Gasteiger partial charge >= 0.3 is 0 Å². The Labute approximate surface area is 190 Å². The highest BCUT2D eigenvalue weighted by Crippen LogP contribution is 2.19. The number of nitrogens with one attached hydrogen (secondary N) is 2. The Morgan fingerprint density at radius 1 is 1.21 bits per heavy atom. The van der Waals surface area contributed by atoms with Gasteiger partial charge in [0.25, 0.3) is 0 Å². The van der Waals surface area contributed by atoms with Gasteiger partial charge in [-0.15, -0.1) is 34.2 Å². The molecule has 2 aromatic rings. The third-order valence-electron chi connectivity index (χ3n) is 5.22. The van der Waals surface area contributed by atoms with Crippen LogP contribution in [0.25, 0.3) is 0 Å². The van der Waals surface area contributed by atoms with E-state index in [1.54, 1.807) is 0 Å². The summed E-state index contributed by atoms with van der Waals surface area (Å²) in [6, 6.07) is 8.56. The van der Waals surface area contributed by atoms with Gasteiger partial charge in [-0.25, -0.2) is 4.99 Å². The molecule has 1 aliphatic carbocycles. The maximum absolute atomic E-state index is 5.74. The Morgan fingerprint density at radius 3 is 2.66 bits per heavy atom. The molecule has 29 heavy (non-hydrogen) atoms. The molecule has 0 bridgehead atoms. The number of guanidine groups is 1. The van der Waals surface area contributed by atoms with Gasteiger partial charge < -0.3 is 19.9 Å². The van der Waals surface area contributed by atoms with Crippen molar-refractivity contribution in [3.63, 3.8) is 0 Å². The van der Waals surface area contributed by atoms with E-state index in [4.69, 9.17) is 9.73 Å². The monoisotopic (exact) mass is 512 g/mol. The summed E-state index contributed by atoms with van der Waals surface area (Å²) in [5.74, 6) is 3.51. The molecule has 0 amide bonds. The van der Waals surface area contributed by atoms with Crippen molar-refractivity contribution in [2.24, 2.45) is 12.0 Å². The van der Waals surface area contributed by atoms with Crippen LogP contribution in [-0.2, 0) is 20.1 Å². The minimum atomic E-state index is 0. The first kappa shape index (κ1) is 23.4. The molecule has 3 rings (SSSR count). The van der Waals surface area contributed by atoms with Crippen molar-refractivity contribution in [2.75, 3.05) is 6.61 Å². The number of hydrogen-bond acceptors (Lipinski definition) is 4. The summed E-state index contributed by atoms with van der Waals surface area (Å²) in [4.78, 5) is 4.84. The zero-order chi connectivity index (χ0) is 19.8. The summed E-state index contributed by atoms with van der Waals surface area (Å²) >= 11 is 0. The van der Waals surface area contributed by atoms with E-state index in [0.29, 0.717) is 25.7 Å². The van der Waals surface area contributed by atoms with Crippen molar-refractivity contribution in [3.8, 4) is 5.75 Å². The number of halogens is 1. The molecule has 1 aromatic carbocycles. The molecule has 0 aliphatic heterocycles. The molecule has 0 unspecified atom stereocenters. The van der Waals surface area contributed by atoms with Gasteiger partial charge in [-0.05, 0) is 32.8 Å². The molecule has 0 saturated heterocycles. The number of aliphatic imine (C=N–C) groups is 1. The van der Waals surface area contributed by atoms with E-state index in [9.17, 15) is 0 Å². The molecule has 1 heterocycles. The van der Waals surface area contributed by atoms with Gasteiger partial charge in [-0.3, -0.25) is 0 Å². The predicted molar refractivity (Wildman–Crippen MR) is 127 cm³/mol. The molecule has 2 N–H and O–H groups in total. The second-order valence-electron chi connectivity index (χ2n) is 7.26. The maximum atomic E-state index is 5.74. The fourth-order valence-corrected chi connectivity index (χ4v) is 3.46. The normalized spacial score (nSPS) is 14.9. The van der Waals surface area contributed by atoms with Crippen LogP contribution in [0.1, 0.15) is 56.2 Å². The number of hydrogen-bond donors (Lipinski definition) is 2. The maximum Gasteiger partial charge on any atom is 0.192 e. The number of benzene rings is 1. The molecule has 0 atom stereocenters. The van der Waals surface area contributed by atoms with E-state index in [0.717, 1.165) is 28.9 Å². The first-order valence-corrected chi connectivity index (χ1v) is 10.3. The van der Waals surface area contributed by atoms with Crippen LogP contribution in [0.2, 0.25) is 0 Å². The molecular formula is C21H33IN6O. The second-order valence-corrected chi connectivity index (χ2v) is 7.26. The summed E-state index contributed by atoms with van der Waals surface area (Å²) in [5.41, 5.74) is 1.09. The average Bonchev–Trinajstić information content (AvgIpc) is 3.04. The number of ether oxygens (including phenoxy) is 1. The summed E-state index contributed by atoms with van der Waals surface area (Å²) in [7, 11) is 1.98. The molecule has 1 fully saturated rings. The van der Waals surface area contributed by atoms with Crippen LogP contribution in [-0.4, -0.2) is 33.4 Å². The minimum Gasteiger partial charge on any atom is -0.494 e. The van der Waals surface area contributed by atoms with Crippen molar-refractivity contribution in [1.82, 2.24) is 25.4 Å². The number of nitrogens with zero attached hydrogens (tertiary/aromatic N) is 4. The van der Waals surface area contributed by atoms with Gasteiger partial charge in [0.05, 0.1) is 19.7 Å². The van der Waals surface area contributed by atoms with Crippen molar-refractivity contribution >= 4 is 29.9 Å². The Bertz CT molecular complexity index is 785. The number of rotatable bonds is 7.